The molecule has 0 bridgehead atoms. The van der Waals surface area contributed by atoms with E-state index in [4.69, 9.17) is 9.15 Å². The molecule has 0 atom stereocenters. The fourth-order valence-electron chi connectivity index (χ4n) is 1.58. The van der Waals surface area contributed by atoms with E-state index in [2.05, 4.69) is 22.4 Å². The summed E-state index contributed by atoms with van der Waals surface area (Å²) in [6.45, 7) is 3.86. The molecule has 2 rings (SSSR count). The lowest BCUT2D eigenvalue weighted by Gasteiger charge is -1.99. The first-order valence-electron chi connectivity index (χ1n) is 6.01. The van der Waals surface area contributed by atoms with Gasteiger partial charge in [0.05, 0.1) is 7.11 Å². The molecule has 0 unspecified atom stereocenters. The number of rotatable bonds is 6. The normalized spacial score (nSPS) is 10.6. The van der Waals surface area contributed by atoms with E-state index in [0.29, 0.717) is 11.8 Å². The summed E-state index contributed by atoms with van der Waals surface area (Å²) in [4.78, 5) is 0. The third kappa shape index (κ3) is 3.07. The Bertz CT molecular complexity index is 479. The minimum absolute atomic E-state index is 0.546. The van der Waals surface area contributed by atoms with Gasteiger partial charge >= 0.3 is 0 Å². The lowest BCUT2D eigenvalue weighted by molar-refractivity contribution is 0.415. The monoisotopic (exact) mass is 247 g/mol. The maximum atomic E-state index is 5.59. The van der Waals surface area contributed by atoms with Crippen LogP contribution in [0.25, 0.3) is 11.5 Å². The molecular formula is C13H17N3O2. The summed E-state index contributed by atoms with van der Waals surface area (Å²) in [7, 11) is 1.64. The van der Waals surface area contributed by atoms with Crippen LogP contribution in [-0.2, 0) is 6.42 Å². The van der Waals surface area contributed by atoms with Crippen LogP contribution in [0.15, 0.2) is 28.7 Å². The Kier molecular flexibility index (Phi) is 4.30. The summed E-state index contributed by atoms with van der Waals surface area (Å²) in [6.07, 6.45) is 0.747. The Morgan fingerprint density at radius 3 is 2.67 bits per heavy atom. The molecule has 0 fully saturated rings. The van der Waals surface area contributed by atoms with E-state index in [9.17, 15) is 0 Å². The van der Waals surface area contributed by atoms with Gasteiger partial charge in [0.2, 0.25) is 11.8 Å². The molecule has 96 valence electrons. The molecule has 0 saturated heterocycles. The summed E-state index contributed by atoms with van der Waals surface area (Å²) in [5.41, 5.74) is 0.901. The number of nitrogens with zero attached hydrogens (tertiary/aromatic N) is 2. The Morgan fingerprint density at radius 1 is 1.22 bits per heavy atom. The van der Waals surface area contributed by atoms with Crippen LogP contribution in [0.1, 0.15) is 12.8 Å². The van der Waals surface area contributed by atoms with Crippen molar-refractivity contribution in [3.05, 3.63) is 30.2 Å². The first-order chi connectivity index (χ1) is 8.83. The zero-order valence-electron chi connectivity index (χ0n) is 10.6. The van der Waals surface area contributed by atoms with E-state index in [0.717, 1.165) is 30.8 Å². The SMILES string of the molecule is CCNCCc1nnc(-c2ccc(OC)cc2)o1. The molecule has 1 N–H and O–H groups in total. The molecule has 5 heteroatoms. The molecule has 0 amide bonds. The zero-order valence-corrected chi connectivity index (χ0v) is 10.6. The van der Waals surface area contributed by atoms with Gasteiger partial charge in [0.1, 0.15) is 5.75 Å². The van der Waals surface area contributed by atoms with E-state index >= 15 is 0 Å². The van der Waals surface area contributed by atoms with Crippen molar-refractivity contribution < 1.29 is 9.15 Å². The molecule has 1 heterocycles. The third-order valence-electron chi connectivity index (χ3n) is 2.57. The topological polar surface area (TPSA) is 60.2 Å². The van der Waals surface area contributed by atoms with E-state index in [-0.39, 0.29) is 0 Å². The Morgan fingerprint density at radius 2 is 2.00 bits per heavy atom. The van der Waals surface area contributed by atoms with Gasteiger partial charge in [-0.3, -0.25) is 0 Å². The van der Waals surface area contributed by atoms with Crippen LogP contribution < -0.4 is 10.1 Å². The Labute approximate surface area is 106 Å². The van der Waals surface area contributed by atoms with Gasteiger partial charge in [-0.25, -0.2) is 0 Å². The molecule has 1 aromatic heterocycles. The number of nitrogens with one attached hydrogen (secondary N) is 1. The van der Waals surface area contributed by atoms with E-state index in [1.165, 1.54) is 0 Å². The van der Waals surface area contributed by atoms with Crippen molar-refractivity contribution in [1.82, 2.24) is 15.5 Å². The molecule has 2 aromatic rings. The minimum Gasteiger partial charge on any atom is -0.497 e. The van der Waals surface area contributed by atoms with Crippen LogP contribution in [0.3, 0.4) is 0 Å². The van der Waals surface area contributed by atoms with Gasteiger partial charge in [-0.2, -0.15) is 0 Å². The summed E-state index contributed by atoms with van der Waals surface area (Å²) in [5, 5.41) is 11.3. The lowest BCUT2D eigenvalue weighted by atomic mass is 10.2. The van der Waals surface area contributed by atoms with Gasteiger partial charge < -0.3 is 14.5 Å². The van der Waals surface area contributed by atoms with Gasteiger partial charge in [0.25, 0.3) is 0 Å². The smallest absolute Gasteiger partial charge is 0.247 e. The van der Waals surface area contributed by atoms with Gasteiger partial charge in [-0.1, -0.05) is 6.92 Å². The Balaban J connectivity index is 2.04. The average molecular weight is 247 g/mol. The van der Waals surface area contributed by atoms with Crippen molar-refractivity contribution in [1.29, 1.82) is 0 Å². The summed E-state index contributed by atoms with van der Waals surface area (Å²) in [6, 6.07) is 7.55. The summed E-state index contributed by atoms with van der Waals surface area (Å²) >= 11 is 0. The highest BCUT2D eigenvalue weighted by Crippen LogP contribution is 2.21. The quantitative estimate of drug-likeness (QED) is 0.790. The van der Waals surface area contributed by atoms with E-state index in [1.54, 1.807) is 7.11 Å². The third-order valence-corrected chi connectivity index (χ3v) is 2.57. The fourth-order valence-corrected chi connectivity index (χ4v) is 1.58. The fraction of sp³-hybridized carbons (Fsp3) is 0.385. The number of likely N-dealkylation sites (N-methyl/N-ethyl adjacent to an activating group) is 1. The van der Waals surface area contributed by atoms with Crippen molar-refractivity contribution in [2.24, 2.45) is 0 Å². The highest BCUT2D eigenvalue weighted by molar-refractivity contribution is 5.53. The molecule has 0 radical (unpaired) electrons. The largest absolute Gasteiger partial charge is 0.497 e. The van der Waals surface area contributed by atoms with Crippen LogP contribution in [0, 0.1) is 0 Å². The number of aromatic nitrogens is 2. The van der Waals surface area contributed by atoms with Crippen LogP contribution >= 0.6 is 0 Å². The van der Waals surface area contributed by atoms with Crippen molar-refractivity contribution >= 4 is 0 Å². The maximum Gasteiger partial charge on any atom is 0.247 e. The summed E-state index contributed by atoms with van der Waals surface area (Å²) < 4.78 is 10.7. The molecule has 0 aliphatic rings. The predicted octanol–water partition coefficient (Wildman–Crippen LogP) is 1.90. The van der Waals surface area contributed by atoms with Crippen LogP contribution in [0.2, 0.25) is 0 Å². The van der Waals surface area contributed by atoms with Crippen LogP contribution in [0.4, 0.5) is 0 Å². The highest BCUT2D eigenvalue weighted by atomic mass is 16.5. The molecule has 0 saturated carbocycles. The molecule has 0 spiro atoms. The van der Waals surface area contributed by atoms with Gasteiger partial charge in [-0.05, 0) is 30.8 Å². The molecular weight excluding hydrogens is 230 g/mol. The second-order valence-corrected chi connectivity index (χ2v) is 3.83. The van der Waals surface area contributed by atoms with Gasteiger partial charge in [-0.15, -0.1) is 10.2 Å². The first-order valence-corrected chi connectivity index (χ1v) is 6.01. The predicted molar refractivity (Wildman–Crippen MR) is 68.5 cm³/mol. The van der Waals surface area contributed by atoms with Crippen molar-refractivity contribution in [3.8, 4) is 17.2 Å². The minimum atomic E-state index is 0.546. The lowest BCUT2D eigenvalue weighted by Crippen LogP contribution is -2.16. The second kappa shape index (κ2) is 6.16. The molecule has 1 aromatic carbocycles. The van der Waals surface area contributed by atoms with E-state index < -0.39 is 0 Å². The molecule has 5 nitrogen and oxygen atoms in total. The van der Waals surface area contributed by atoms with Crippen molar-refractivity contribution in [3.63, 3.8) is 0 Å². The van der Waals surface area contributed by atoms with Crippen LogP contribution in [0.5, 0.6) is 5.75 Å². The molecule has 18 heavy (non-hydrogen) atoms. The van der Waals surface area contributed by atoms with E-state index in [1.807, 2.05) is 24.3 Å². The second-order valence-electron chi connectivity index (χ2n) is 3.83. The zero-order chi connectivity index (χ0) is 12.8. The molecule has 0 aliphatic carbocycles. The van der Waals surface area contributed by atoms with Gasteiger partial charge in [0.15, 0.2) is 0 Å². The Hall–Kier alpha value is -1.88. The maximum absolute atomic E-state index is 5.59. The van der Waals surface area contributed by atoms with Crippen LogP contribution in [-0.4, -0.2) is 30.4 Å². The van der Waals surface area contributed by atoms with Gasteiger partial charge in [0, 0.05) is 18.5 Å². The number of methoxy groups -OCH3 is 1. The van der Waals surface area contributed by atoms with Crippen molar-refractivity contribution in [2.75, 3.05) is 20.2 Å². The average Bonchev–Trinajstić information content (AvgIpc) is 2.88. The molecule has 0 aliphatic heterocycles. The first kappa shape index (κ1) is 12.6. The standard InChI is InChI=1S/C13H17N3O2/c1-3-14-9-8-12-15-16-13(18-12)10-4-6-11(17-2)7-5-10/h4-7,14H,3,8-9H2,1-2H3. The summed E-state index contributed by atoms with van der Waals surface area (Å²) in [5.74, 6) is 2.01. The number of benzene rings is 1. The highest BCUT2D eigenvalue weighted by Gasteiger charge is 2.08. The number of hydrogen-bond donors (Lipinski definition) is 1. The number of ether oxygens (including phenoxy) is 1. The van der Waals surface area contributed by atoms with Crippen molar-refractivity contribution in [2.45, 2.75) is 13.3 Å². The number of hydrogen-bond acceptors (Lipinski definition) is 5.